The first kappa shape index (κ1) is 13.6. The van der Waals surface area contributed by atoms with Crippen LogP contribution in [0.1, 0.15) is 43.0 Å². The summed E-state index contributed by atoms with van der Waals surface area (Å²) in [4.78, 5) is 14.5. The lowest BCUT2D eigenvalue weighted by Gasteiger charge is -2.33. The summed E-state index contributed by atoms with van der Waals surface area (Å²) in [5.41, 5.74) is 0.729. The SMILES string of the molecule is CC1CCCCN1CCC(=O)c1cccc(Cl)c1. The highest BCUT2D eigenvalue weighted by atomic mass is 35.5. The molecule has 1 fully saturated rings. The lowest BCUT2D eigenvalue weighted by Crippen LogP contribution is -2.38. The second-order valence-electron chi connectivity index (χ2n) is 5.06. The molecule has 0 spiro atoms. The standard InChI is InChI=1S/C15H20ClNO/c1-12-5-2-3-9-17(12)10-8-15(18)13-6-4-7-14(16)11-13/h4,6-7,11-12H,2-3,5,8-10H2,1H3. The van der Waals surface area contributed by atoms with Crippen LogP contribution in [-0.4, -0.2) is 29.8 Å². The van der Waals surface area contributed by atoms with E-state index in [0.717, 1.165) is 18.7 Å². The number of Topliss-reactive ketones (excluding diaryl/α,β-unsaturated/α-hetero) is 1. The summed E-state index contributed by atoms with van der Waals surface area (Å²) in [5.74, 6) is 0.190. The zero-order valence-corrected chi connectivity index (χ0v) is 11.6. The number of piperidine rings is 1. The van der Waals surface area contributed by atoms with E-state index in [4.69, 9.17) is 11.6 Å². The summed E-state index contributed by atoms with van der Waals surface area (Å²) in [5, 5.41) is 0.632. The third kappa shape index (κ3) is 3.56. The van der Waals surface area contributed by atoms with Gasteiger partial charge in [-0.15, -0.1) is 0 Å². The Morgan fingerprint density at radius 1 is 1.44 bits per heavy atom. The Balaban J connectivity index is 1.88. The summed E-state index contributed by atoms with van der Waals surface area (Å²) >= 11 is 5.90. The van der Waals surface area contributed by atoms with Crippen LogP contribution in [0.3, 0.4) is 0 Å². The second kappa shape index (κ2) is 6.35. The molecule has 0 radical (unpaired) electrons. The predicted molar refractivity (Wildman–Crippen MR) is 75.3 cm³/mol. The molecule has 2 rings (SSSR count). The molecular formula is C15H20ClNO. The van der Waals surface area contributed by atoms with Gasteiger partial charge in [-0.25, -0.2) is 0 Å². The van der Waals surface area contributed by atoms with Crippen LogP contribution in [-0.2, 0) is 0 Å². The fourth-order valence-electron chi connectivity index (χ4n) is 2.54. The minimum absolute atomic E-state index is 0.190. The average Bonchev–Trinajstić information content (AvgIpc) is 2.37. The number of rotatable bonds is 4. The van der Waals surface area contributed by atoms with Crippen molar-refractivity contribution in [2.75, 3.05) is 13.1 Å². The minimum atomic E-state index is 0.190. The highest BCUT2D eigenvalue weighted by molar-refractivity contribution is 6.31. The molecule has 1 atom stereocenters. The molecular weight excluding hydrogens is 246 g/mol. The summed E-state index contributed by atoms with van der Waals surface area (Å²) < 4.78 is 0. The molecule has 1 unspecified atom stereocenters. The van der Waals surface area contributed by atoms with Crippen LogP contribution < -0.4 is 0 Å². The third-order valence-corrected chi connectivity index (χ3v) is 3.95. The van der Waals surface area contributed by atoms with Gasteiger partial charge in [0.25, 0.3) is 0 Å². The Morgan fingerprint density at radius 2 is 2.28 bits per heavy atom. The molecule has 0 bridgehead atoms. The Kier molecular flexibility index (Phi) is 4.79. The maximum absolute atomic E-state index is 12.1. The molecule has 1 aliphatic rings. The van der Waals surface area contributed by atoms with Crippen LogP contribution in [0.5, 0.6) is 0 Å². The first-order chi connectivity index (χ1) is 8.66. The molecule has 2 nitrogen and oxygen atoms in total. The number of halogens is 1. The van der Waals surface area contributed by atoms with Gasteiger partial charge >= 0.3 is 0 Å². The molecule has 0 amide bonds. The van der Waals surface area contributed by atoms with Crippen molar-refractivity contribution in [2.45, 2.75) is 38.6 Å². The van der Waals surface area contributed by atoms with Crippen molar-refractivity contribution < 1.29 is 4.79 Å². The zero-order chi connectivity index (χ0) is 13.0. The van der Waals surface area contributed by atoms with Gasteiger partial charge in [0.1, 0.15) is 0 Å². The Bertz CT molecular complexity index is 419. The van der Waals surface area contributed by atoms with Crippen LogP contribution in [0.4, 0.5) is 0 Å². The molecule has 1 aromatic carbocycles. The molecule has 98 valence electrons. The van der Waals surface area contributed by atoms with Crippen LogP contribution in [0.15, 0.2) is 24.3 Å². The van der Waals surface area contributed by atoms with E-state index in [1.807, 2.05) is 12.1 Å². The molecule has 3 heteroatoms. The summed E-state index contributed by atoms with van der Waals surface area (Å²) in [6.07, 6.45) is 4.42. The van der Waals surface area contributed by atoms with Crippen molar-refractivity contribution in [3.8, 4) is 0 Å². The number of hydrogen-bond acceptors (Lipinski definition) is 2. The Hall–Kier alpha value is -0.860. The minimum Gasteiger partial charge on any atom is -0.300 e. The number of carbonyl (C=O) groups excluding carboxylic acids is 1. The molecule has 0 saturated carbocycles. The molecule has 18 heavy (non-hydrogen) atoms. The van der Waals surface area contributed by atoms with Crippen molar-refractivity contribution in [3.63, 3.8) is 0 Å². The van der Waals surface area contributed by atoms with Gasteiger partial charge in [-0.2, -0.15) is 0 Å². The van der Waals surface area contributed by atoms with Crippen molar-refractivity contribution >= 4 is 17.4 Å². The zero-order valence-electron chi connectivity index (χ0n) is 10.9. The van der Waals surface area contributed by atoms with Gasteiger partial charge in [0.05, 0.1) is 0 Å². The number of hydrogen-bond donors (Lipinski definition) is 0. The molecule has 1 aliphatic heterocycles. The first-order valence-electron chi connectivity index (χ1n) is 6.69. The van der Waals surface area contributed by atoms with E-state index in [1.165, 1.54) is 19.3 Å². The number of ketones is 1. The molecule has 1 saturated heterocycles. The predicted octanol–water partition coefficient (Wildman–Crippen LogP) is 3.79. The van der Waals surface area contributed by atoms with Crippen LogP contribution in [0.25, 0.3) is 0 Å². The summed E-state index contributed by atoms with van der Waals surface area (Å²) in [6, 6.07) is 7.84. The van der Waals surface area contributed by atoms with Gasteiger partial charge < -0.3 is 4.90 Å². The number of carbonyl (C=O) groups is 1. The summed E-state index contributed by atoms with van der Waals surface area (Å²) in [6.45, 7) is 4.25. The Morgan fingerprint density at radius 3 is 3.00 bits per heavy atom. The number of nitrogens with zero attached hydrogens (tertiary/aromatic N) is 1. The fraction of sp³-hybridized carbons (Fsp3) is 0.533. The maximum Gasteiger partial charge on any atom is 0.164 e. The highest BCUT2D eigenvalue weighted by Gasteiger charge is 2.18. The van der Waals surface area contributed by atoms with Crippen molar-refractivity contribution in [3.05, 3.63) is 34.9 Å². The van der Waals surface area contributed by atoms with Gasteiger partial charge in [0.2, 0.25) is 0 Å². The van der Waals surface area contributed by atoms with E-state index in [2.05, 4.69) is 11.8 Å². The quantitative estimate of drug-likeness (QED) is 0.772. The van der Waals surface area contributed by atoms with Crippen molar-refractivity contribution in [2.24, 2.45) is 0 Å². The molecule has 0 aliphatic carbocycles. The van der Waals surface area contributed by atoms with E-state index in [-0.39, 0.29) is 5.78 Å². The molecule has 1 heterocycles. The van der Waals surface area contributed by atoms with Crippen molar-refractivity contribution in [1.82, 2.24) is 4.90 Å². The van der Waals surface area contributed by atoms with E-state index < -0.39 is 0 Å². The first-order valence-corrected chi connectivity index (χ1v) is 7.07. The van der Waals surface area contributed by atoms with E-state index in [0.29, 0.717) is 17.5 Å². The smallest absolute Gasteiger partial charge is 0.164 e. The van der Waals surface area contributed by atoms with Crippen molar-refractivity contribution in [1.29, 1.82) is 0 Å². The topological polar surface area (TPSA) is 20.3 Å². The van der Waals surface area contributed by atoms with Gasteiger partial charge in [-0.3, -0.25) is 4.79 Å². The van der Waals surface area contributed by atoms with E-state index in [9.17, 15) is 4.79 Å². The van der Waals surface area contributed by atoms with Crippen LogP contribution >= 0.6 is 11.6 Å². The fourth-order valence-corrected chi connectivity index (χ4v) is 2.73. The molecule has 0 N–H and O–H groups in total. The number of benzene rings is 1. The van der Waals surface area contributed by atoms with Gasteiger partial charge in [-0.05, 0) is 38.4 Å². The monoisotopic (exact) mass is 265 g/mol. The molecule has 1 aromatic rings. The highest BCUT2D eigenvalue weighted by Crippen LogP contribution is 2.17. The lowest BCUT2D eigenvalue weighted by molar-refractivity contribution is 0.0935. The lowest BCUT2D eigenvalue weighted by atomic mass is 10.0. The number of likely N-dealkylation sites (tertiary alicyclic amines) is 1. The van der Waals surface area contributed by atoms with Crippen LogP contribution in [0.2, 0.25) is 5.02 Å². The summed E-state index contributed by atoms with van der Waals surface area (Å²) in [7, 11) is 0. The third-order valence-electron chi connectivity index (χ3n) is 3.71. The largest absolute Gasteiger partial charge is 0.300 e. The normalized spacial score (nSPS) is 20.9. The second-order valence-corrected chi connectivity index (χ2v) is 5.50. The van der Waals surface area contributed by atoms with E-state index >= 15 is 0 Å². The van der Waals surface area contributed by atoms with E-state index in [1.54, 1.807) is 12.1 Å². The van der Waals surface area contributed by atoms with Gasteiger partial charge in [0, 0.05) is 29.6 Å². The van der Waals surface area contributed by atoms with Gasteiger partial charge in [-0.1, -0.05) is 30.2 Å². The van der Waals surface area contributed by atoms with Crippen LogP contribution in [0, 0.1) is 0 Å². The molecule has 0 aromatic heterocycles. The maximum atomic E-state index is 12.1. The Labute approximate surface area is 114 Å². The van der Waals surface area contributed by atoms with Gasteiger partial charge in [0.15, 0.2) is 5.78 Å². The average molecular weight is 266 g/mol.